The van der Waals surface area contributed by atoms with E-state index in [1.54, 1.807) is 24.3 Å². The lowest BCUT2D eigenvalue weighted by molar-refractivity contribution is -0.127. The molecule has 6 heteroatoms. The number of rotatable bonds is 7. The van der Waals surface area contributed by atoms with Crippen molar-refractivity contribution in [1.82, 2.24) is 9.62 Å². The summed E-state index contributed by atoms with van der Waals surface area (Å²) in [4.78, 5) is 13.4. The lowest BCUT2D eigenvalue weighted by Crippen LogP contribution is -2.46. The molecule has 1 saturated heterocycles. The van der Waals surface area contributed by atoms with Crippen molar-refractivity contribution in [1.29, 1.82) is 0 Å². The normalized spacial score (nSPS) is 18.9. The molecule has 1 aliphatic heterocycles. The molecule has 0 aliphatic carbocycles. The molecule has 0 unspecified atom stereocenters. The van der Waals surface area contributed by atoms with Gasteiger partial charge in [0.15, 0.2) is 0 Å². The van der Waals surface area contributed by atoms with Crippen molar-refractivity contribution in [3.05, 3.63) is 65.7 Å². The molecule has 1 heterocycles. The van der Waals surface area contributed by atoms with Crippen LogP contribution in [0.25, 0.3) is 0 Å². The first kappa shape index (κ1) is 22.5. The average Bonchev–Trinajstić information content (AvgIpc) is 2.74. The molecular formula is C24H32N2O3S. The van der Waals surface area contributed by atoms with Crippen molar-refractivity contribution in [2.75, 3.05) is 13.1 Å². The molecule has 0 bridgehead atoms. The van der Waals surface area contributed by atoms with Crippen LogP contribution in [-0.2, 0) is 14.8 Å². The smallest absolute Gasteiger partial charge is 0.243 e. The summed E-state index contributed by atoms with van der Waals surface area (Å²) in [6, 6.07) is 16.8. The van der Waals surface area contributed by atoms with Crippen molar-refractivity contribution in [3.63, 3.8) is 0 Å². The van der Waals surface area contributed by atoms with Crippen molar-refractivity contribution >= 4 is 15.9 Å². The number of hydrogen-bond donors (Lipinski definition) is 1. The van der Waals surface area contributed by atoms with Gasteiger partial charge in [0.25, 0.3) is 0 Å². The van der Waals surface area contributed by atoms with Crippen LogP contribution in [0.3, 0.4) is 0 Å². The fourth-order valence-electron chi connectivity index (χ4n) is 3.96. The van der Waals surface area contributed by atoms with Gasteiger partial charge in [-0.15, -0.1) is 0 Å². The maximum absolute atomic E-state index is 13.1. The molecule has 0 aromatic heterocycles. The van der Waals surface area contributed by atoms with Crippen molar-refractivity contribution in [2.45, 2.75) is 51.0 Å². The Morgan fingerprint density at radius 3 is 2.40 bits per heavy atom. The van der Waals surface area contributed by atoms with Gasteiger partial charge in [-0.25, -0.2) is 8.42 Å². The van der Waals surface area contributed by atoms with E-state index in [2.05, 4.69) is 19.2 Å². The number of amides is 1. The first-order valence-corrected chi connectivity index (χ1v) is 12.1. The molecule has 0 spiro atoms. The van der Waals surface area contributed by atoms with Crippen LogP contribution in [0.1, 0.15) is 50.3 Å². The summed E-state index contributed by atoms with van der Waals surface area (Å²) >= 11 is 0. The predicted octanol–water partition coefficient (Wildman–Crippen LogP) is 4.30. The number of sulfonamides is 1. The summed E-state index contributed by atoms with van der Waals surface area (Å²) in [5.74, 6) is 0.0333. The lowest BCUT2D eigenvalue weighted by Gasteiger charge is -2.32. The molecule has 1 amide bonds. The third-order valence-corrected chi connectivity index (χ3v) is 7.52. The number of piperidine rings is 1. The molecule has 3 rings (SSSR count). The number of benzene rings is 2. The SMILES string of the molecule is Cc1ccc(S(=O)(=O)N2CCC[C@H](C(=O)N[C@@H](CC(C)C)c3ccccc3)C2)cc1. The Labute approximate surface area is 180 Å². The molecule has 162 valence electrons. The molecule has 1 N–H and O–H groups in total. The van der Waals surface area contributed by atoms with Crippen LogP contribution in [-0.4, -0.2) is 31.7 Å². The van der Waals surface area contributed by atoms with E-state index in [1.807, 2.05) is 37.3 Å². The zero-order chi connectivity index (χ0) is 21.7. The Bertz CT molecular complexity index is 940. The zero-order valence-corrected chi connectivity index (χ0v) is 18.9. The van der Waals surface area contributed by atoms with Gasteiger partial charge < -0.3 is 5.32 Å². The van der Waals surface area contributed by atoms with E-state index in [-0.39, 0.29) is 29.3 Å². The number of hydrogen-bond acceptors (Lipinski definition) is 3. The van der Waals surface area contributed by atoms with E-state index < -0.39 is 10.0 Å². The fraction of sp³-hybridized carbons (Fsp3) is 0.458. The number of nitrogens with one attached hydrogen (secondary N) is 1. The van der Waals surface area contributed by atoms with E-state index in [0.717, 1.165) is 17.5 Å². The summed E-state index contributed by atoms with van der Waals surface area (Å²) < 4.78 is 27.6. The summed E-state index contributed by atoms with van der Waals surface area (Å²) in [5.41, 5.74) is 2.10. The van der Waals surface area contributed by atoms with Crippen LogP contribution < -0.4 is 5.32 Å². The van der Waals surface area contributed by atoms with Crippen LogP contribution >= 0.6 is 0 Å². The van der Waals surface area contributed by atoms with Crippen molar-refractivity contribution in [3.8, 4) is 0 Å². The van der Waals surface area contributed by atoms with Gasteiger partial charge in [-0.2, -0.15) is 4.31 Å². The Balaban J connectivity index is 1.72. The molecule has 30 heavy (non-hydrogen) atoms. The van der Waals surface area contributed by atoms with Gasteiger partial charge in [-0.05, 0) is 49.8 Å². The monoisotopic (exact) mass is 428 g/mol. The third-order valence-electron chi connectivity index (χ3n) is 5.64. The minimum absolute atomic E-state index is 0.0618. The molecule has 5 nitrogen and oxygen atoms in total. The summed E-state index contributed by atoms with van der Waals surface area (Å²) in [7, 11) is -3.59. The standard InChI is InChI=1S/C24H32N2O3S/c1-18(2)16-23(20-8-5-4-6-9-20)25-24(27)21-10-7-15-26(17-21)30(28,29)22-13-11-19(3)12-14-22/h4-6,8-9,11-14,18,21,23H,7,10,15-17H2,1-3H3,(H,25,27)/t21-,23-/m0/s1. The predicted molar refractivity (Wildman–Crippen MR) is 119 cm³/mol. The minimum Gasteiger partial charge on any atom is -0.349 e. The largest absolute Gasteiger partial charge is 0.349 e. The average molecular weight is 429 g/mol. The van der Waals surface area contributed by atoms with Crippen LogP contribution in [0.5, 0.6) is 0 Å². The van der Waals surface area contributed by atoms with Gasteiger partial charge >= 0.3 is 0 Å². The molecule has 1 aliphatic rings. The maximum atomic E-state index is 13.1. The number of carbonyl (C=O) groups is 1. The van der Waals surface area contributed by atoms with Crippen LogP contribution in [0, 0.1) is 18.8 Å². The second kappa shape index (κ2) is 9.75. The van der Waals surface area contributed by atoms with Gasteiger partial charge in [0.05, 0.1) is 16.9 Å². The van der Waals surface area contributed by atoms with Gasteiger partial charge in [-0.3, -0.25) is 4.79 Å². The van der Waals surface area contributed by atoms with Gasteiger partial charge in [0, 0.05) is 13.1 Å². The Hall–Kier alpha value is -2.18. The van der Waals surface area contributed by atoms with Crippen molar-refractivity contribution in [2.24, 2.45) is 11.8 Å². The highest BCUT2D eigenvalue weighted by Crippen LogP contribution is 2.26. The quantitative estimate of drug-likeness (QED) is 0.715. The summed E-state index contributed by atoms with van der Waals surface area (Å²) in [6.45, 7) is 6.88. The Kier molecular flexibility index (Phi) is 7.32. The van der Waals surface area contributed by atoms with E-state index in [9.17, 15) is 13.2 Å². The Morgan fingerprint density at radius 2 is 1.77 bits per heavy atom. The summed E-state index contributed by atoms with van der Waals surface area (Å²) in [5, 5.41) is 3.19. The second-order valence-electron chi connectivity index (χ2n) is 8.62. The first-order valence-electron chi connectivity index (χ1n) is 10.7. The second-order valence-corrected chi connectivity index (χ2v) is 10.6. The number of carbonyl (C=O) groups excluding carboxylic acids is 1. The molecule has 2 aromatic rings. The minimum atomic E-state index is -3.59. The Morgan fingerprint density at radius 1 is 1.10 bits per heavy atom. The van der Waals surface area contributed by atoms with E-state index in [1.165, 1.54) is 4.31 Å². The maximum Gasteiger partial charge on any atom is 0.243 e. The van der Waals surface area contributed by atoms with E-state index in [0.29, 0.717) is 25.3 Å². The molecule has 0 saturated carbocycles. The first-order chi connectivity index (χ1) is 14.3. The summed E-state index contributed by atoms with van der Waals surface area (Å²) in [6.07, 6.45) is 2.23. The molecule has 1 fully saturated rings. The highest BCUT2D eigenvalue weighted by atomic mass is 32.2. The van der Waals surface area contributed by atoms with Crippen LogP contribution in [0.2, 0.25) is 0 Å². The molecule has 0 radical (unpaired) electrons. The zero-order valence-electron chi connectivity index (χ0n) is 18.0. The molecule has 2 atom stereocenters. The molecular weight excluding hydrogens is 396 g/mol. The van der Waals surface area contributed by atoms with Crippen LogP contribution in [0.4, 0.5) is 0 Å². The van der Waals surface area contributed by atoms with Crippen LogP contribution in [0.15, 0.2) is 59.5 Å². The number of nitrogens with zero attached hydrogens (tertiary/aromatic N) is 1. The lowest BCUT2D eigenvalue weighted by atomic mass is 9.94. The van der Waals surface area contributed by atoms with Gasteiger partial charge in [0.2, 0.25) is 15.9 Å². The molecule has 2 aromatic carbocycles. The third kappa shape index (κ3) is 5.49. The van der Waals surface area contributed by atoms with Gasteiger partial charge in [0.1, 0.15) is 0 Å². The van der Waals surface area contributed by atoms with E-state index in [4.69, 9.17) is 0 Å². The number of aryl methyl sites for hydroxylation is 1. The van der Waals surface area contributed by atoms with E-state index >= 15 is 0 Å². The fourth-order valence-corrected chi connectivity index (χ4v) is 5.48. The highest BCUT2D eigenvalue weighted by Gasteiger charge is 2.34. The van der Waals surface area contributed by atoms with Crippen molar-refractivity contribution < 1.29 is 13.2 Å². The topological polar surface area (TPSA) is 66.5 Å². The highest BCUT2D eigenvalue weighted by molar-refractivity contribution is 7.89. The van der Waals surface area contributed by atoms with Gasteiger partial charge in [-0.1, -0.05) is 61.9 Å².